The van der Waals surface area contributed by atoms with E-state index in [2.05, 4.69) is 42.8 Å². The van der Waals surface area contributed by atoms with E-state index < -0.39 is 0 Å². The van der Waals surface area contributed by atoms with Crippen LogP contribution in [0.4, 0.5) is 5.82 Å². The molecule has 2 aromatic carbocycles. The molecule has 6 aromatic rings. The standard InChI is InChI=1S/C14H12N4O2S.C7H5ClO.C7H6N2S/c1-8-6-21-13-12(8)15-7-16-14(13)18-17-5-9-2-3-10(19)11(20)4-9;8-7-3-1-2-6(4-7)5-9;1-5-3-10-6-2-8-4-9-7(5)6/h2-7,19-20H,1H3,(H,15,16,18);1-5H;2-4H,1H3. The zero-order valence-electron chi connectivity index (χ0n) is 21.3. The third kappa shape index (κ3) is 7.35. The lowest BCUT2D eigenvalue weighted by molar-refractivity contribution is 0.112. The fraction of sp³-hybridized carbons (Fsp3) is 0.0714. The van der Waals surface area contributed by atoms with Crippen molar-refractivity contribution in [3.05, 3.63) is 99.4 Å². The molecule has 0 radical (unpaired) electrons. The van der Waals surface area contributed by atoms with Crippen LogP contribution in [0, 0.1) is 13.8 Å². The molecule has 0 fully saturated rings. The number of nitrogens with zero attached hydrogens (tertiary/aromatic N) is 5. The summed E-state index contributed by atoms with van der Waals surface area (Å²) in [5.74, 6) is 0.293. The van der Waals surface area contributed by atoms with Gasteiger partial charge in [0.25, 0.3) is 0 Å². The predicted molar refractivity (Wildman–Crippen MR) is 162 cm³/mol. The Bertz CT molecular complexity index is 1790. The number of anilines is 1. The fourth-order valence-corrected chi connectivity index (χ4v) is 5.33. The van der Waals surface area contributed by atoms with Gasteiger partial charge in [0.15, 0.2) is 17.3 Å². The summed E-state index contributed by atoms with van der Waals surface area (Å²) < 4.78 is 2.11. The number of hydrogen-bond acceptors (Lipinski definition) is 11. The number of phenols is 2. The van der Waals surface area contributed by atoms with Crippen LogP contribution in [-0.2, 0) is 0 Å². The van der Waals surface area contributed by atoms with Crippen molar-refractivity contribution in [2.75, 3.05) is 5.43 Å². The molecule has 40 heavy (non-hydrogen) atoms. The largest absolute Gasteiger partial charge is 0.504 e. The number of carbonyl (C=O) groups excluding carboxylic acids is 1. The van der Waals surface area contributed by atoms with Gasteiger partial charge in [-0.05, 0) is 71.6 Å². The number of aldehydes is 1. The van der Waals surface area contributed by atoms with Gasteiger partial charge in [-0.1, -0.05) is 23.7 Å². The summed E-state index contributed by atoms with van der Waals surface area (Å²) in [6, 6.07) is 11.3. The first-order chi connectivity index (χ1) is 19.4. The second-order valence-electron chi connectivity index (χ2n) is 8.26. The van der Waals surface area contributed by atoms with Crippen LogP contribution in [0.2, 0.25) is 5.02 Å². The lowest BCUT2D eigenvalue weighted by Gasteiger charge is -2.01. The minimum atomic E-state index is -0.183. The molecule has 6 rings (SSSR count). The van der Waals surface area contributed by atoms with E-state index in [1.807, 2.05) is 18.5 Å². The minimum Gasteiger partial charge on any atom is -0.504 e. The molecule has 0 aliphatic heterocycles. The van der Waals surface area contributed by atoms with E-state index in [9.17, 15) is 15.0 Å². The maximum Gasteiger partial charge on any atom is 0.167 e. The smallest absolute Gasteiger partial charge is 0.167 e. The van der Waals surface area contributed by atoms with Gasteiger partial charge < -0.3 is 10.2 Å². The van der Waals surface area contributed by atoms with E-state index in [4.69, 9.17) is 11.6 Å². The number of halogens is 1. The Hall–Kier alpha value is -4.45. The Labute approximate surface area is 242 Å². The first-order valence-electron chi connectivity index (χ1n) is 11.7. The highest BCUT2D eigenvalue weighted by Gasteiger charge is 2.07. The average Bonchev–Trinajstić information content (AvgIpc) is 3.54. The maximum absolute atomic E-state index is 10.1. The van der Waals surface area contributed by atoms with Crippen molar-refractivity contribution in [1.29, 1.82) is 0 Å². The number of nitrogens with one attached hydrogen (secondary N) is 1. The number of aromatic hydroxyl groups is 2. The highest BCUT2D eigenvalue weighted by Crippen LogP contribution is 2.28. The molecule has 4 aromatic heterocycles. The van der Waals surface area contributed by atoms with Crippen molar-refractivity contribution in [2.24, 2.45) is 5.10 Å². The molecule has 202 valence electrons. The van der Waals surface area contributed by atoms with Gasteiger partial charge in [0.05, 0.1) is 26.6 Å². The van der Waals surface area contributed by atoms with Gasteiger partial charge in [-0.2, -0.15) is 5.10 Å². The van der Waals surface area contributed by atoms with Crippen LogP contribution in [0.5, 0.6) is 11.5 Å². The Morgan fingerprint density at radius 2 is 1.68 bits per heavy atom. The maximum atomic E-state index is 10.1. The molecular weight excluding hydrogens is 568 g/mol. The molecule has 0 bridgehead atoms. The van der Waals surface area contributed by atoms with Gasteiger partial charge in [-0.3, -0.25) is 10.2 Å². The number of aryl methyl sites for hydroxylation is 2. The Morgan fingerprint density at radius 1 is 0.900 bits per heavy atom. The topological polar surface area (TPSA) is 133 Å². The van der Waals surface area contributed by atoms with Crippen LogP contribution >= 0.6 is 34.3 Å². The number of fused-ring (bicyclic) bond motifs is 2. The van der Waals surface area contributed by atoms with E-state index in [-0.39, 0.29) is 11.5 Å². The fourth-order valence-electron chi connectivity index (χ4n) is 3.32. The van der Waals surface area contributed by atoms with Gasteiger partial charge in [0.2, 0.25) is 0 Å². The van der Waals surface area contributed by atoms with E-state index >= 15 is 0 Å². The highest BCUT2D eigenvalue weighted by atomic mass is 35.5. The average molecular weight is 591 g/mol. The van der Waals surface area contributed by atoms with Crippen molar-refractivity contribution >= 4 is 73.0 Å². The van der Waals surface area contributed by atoms with Gasteiger partial charge in [-0.15, -0.1) is 22.7 Å². The molecule has 0 saturated carbocycles. The summed E-state index contributed by atoms with van der Waals surface area (Å²) in [4.78, 5) is 26.6. The lowest BCUT2D eigenvalue weighted by atomic mass is 10.2. The number of hydrogen-bond donors (Lipinski definition) is 3. The monoisotopic (exact) mass is 590 g/mol. The summed E-state index contributed by atoms with van der Waals surface area (Å²) in [5, 5.41) is 27.5. The number of rotatable bonds is 4. The number of thiophene rings is 2. The van der Waals surface area contributed by atoms with Crippen LogP contribution in [0.15, 0.2) is 77.2 Å². The van der Waals surface area contributed by atoms with Crippen LogP contribution in [0.3, 0.4) is 0 Å². The molecule has 0 aliphatic rings. The first-order valence-corrected chi connectivity index (χ1v) is 13.8. The first kappa shape index (κ1) is 28.6. The van der Waals surface area contributed by atoms with Gasteiger partial charge in [-0.25, -0.2) is 19.9 Å². The quantitative estimate of drug-likeness (QED) is 0.0864. The molecule has 0 saturated heterocycles. The lowest BCUT2D eigenvalue weighted by Crippen LogP contribution is -1.94. The van der Waals surface area contributed by atoms with E-state index in [0.717, 1.165) is 27.6 Å². The highest BCUT2D eigenvalue weighted by molar-refractivity contribution is 7.18. The molecule has 12 heteroatoms. The second-order valence-corrected chi connectivity index (χ2v) is 10.5. The zero-order chi connectivity index (χ0) is 28.5. The molecule has 0 aliphatic carbocycles. The molecule has 0 unspecified atom stereocenters. The van der Waals surface area contributed by atoms with Crippen LogP contribution < -0.4 is 5.43 Å². The molecular formula is C28H23ClN6O3S2. The predicted octanol–water partition coefficient (Wildman–Crippen LogP) is 7.01. The normalized spacial score (nSPS) is 10.6. The molecule has 4 heterocycles. The summed E-state index contributed by atoms with van der Waals surface area (Å²) >= 11 is 8.81. The van der Waals surface area contributed by atoms with Crippen molar-refractivity contribution in [1.82, 2.24) is 19.9 Å². The third-order valence-electron chi connectivity index (χ3n) is 5.31. The summed E-state index contributed by atoms with van der Waals surface area (Å²) in [5.41, 5.74) is 8.48. The number of hydrazone groups is 1. The molecule has 3 N–H and O–H groups in total. The minimum absolute atomic E-state index is 0.160. The summed E-state index contributed by atoms with van der Waals surface area (Å²) in [6.07, 6.45) is 7.23. The van der Waals surface area contributed by atoms with Crippen molar-refractivity contribution in [3.63, 3.8) is 0 Å². The summed E-state index contributed by atoms with van der Waals surface area (Å²) in [6.45, 7) is 4.06. The summed E-state index contributed by atoms with van der Waals surface area (Å²) in [7, 11) is 0. The van der Waals surface area contributed by atoms with Crippen LogP contribution in [0.25, 0.3) is 20.4 Å². The number of benzene rings is 2. The van der Waals surface area contributed by atoms with Crippen molar-refractivity contribution < 1.29 is 15.0 Å². The molecule has 0 atom stereocenters. The number of carbonyl (C=O) groups is 1. The SMILES string of the molecule is Cc1csc2c(NN=Cc3ccc(O)c(O)c3)ncnc12.Cc1csc2cncnc12.O=Cc1cccc(Cl)c1. The number of phenolic OH excluding ortho intramolecular Hbond substituents is 2. The van der Waals surface area contributed by atoms with Crippen LogP contribution in [0.1, 0.15) is 27.0 Å². The molecule has 0 spiro atoms. The second kappa shape index (κ2) is 13.6. The van der Waals surface area contributed by atoms with Crippen LogP contribution in [-0.4, -0.2) is 42.6 Å². The van der Waals surface area contributed by atoms with Gasteiger partial charge in [0, 0.05) is 16.8 Å². The van der Waals surface area contributed by atoms with Crippen molar-refractivity contribution in [2.45, 2.75) is 13.8 Å². The third-order valence-corrected chi connectivity index (χ3v) is 7.67. The number of aromatic nitrogens is 4. The Balaban J connectivity index is 0.000000161. The van der Waals surface area contributed by atoms with Gasteiger partial charge >= 0.3 is 0 Å². The van der Waals surface area contributed by atoms with E-state index in [1.54, 1.807) is 59.3 Å². The van der Waals surface area contributed by atoms with E-state index in [1.165, 1.54) is 34.9 Å². The molecule has 9 nitrogen and oxygen atoms in total. The Morgan fingerprint density at radius 3 is 2.40 bits per heavy atom. The molecule has 0 amide bonds. The zero-order valence-corrected chi connectivity index (χ0v) is 23.7. The Kier molecular flexibility index (Phi) is 9.68. The van der Waals surface area contributed by atoms with Gasteiger partial charge in [0.1, 0.15) is 18.9 Å². The van der Waals surface area contributed by atoms with E-state index in [0.29, 0.717) is 22.0 Å². The van der Waals surface area contributed by atoms with Crippen molar-refractivity contribution in [3.8, 4) is 11.5 Å².